The average molecular weight is 357 g/mol. The van der Waals surface area contributed by atoms with Gasteiger partial charge in [0.15, 0.2) is 0 Å². The van der Waals surface area contributed by atoms with Gasteiger partial charge >= 0.3 is 0 Å². The zero-order chi connectivity index (χ0) is 17.4. The van der Waals surface area contributed by atoms with Gasteiger partial charge in [-0.3, -0.25) is 9.78 Å². The molecule has 0 aliphatic carbocycles. The van der Waals surface area contributed by atoms with Crippen LogP contribution in [0.25, 0.3) is 10.8 Å². The molecular weight excluding hydrogens is 343 g/mol. The van der Waals surface area contributed by atoms with Gasteiger partial charge in [-0.2, -0.15) is 0 Å². The lowest BCUT2D eigenvalue weighted by Crippen LogP contribution is -2.26. The zero-order valence-corrected chi connectivity index (χ0v) is 13.9. The van der Waals surface area contributed by atoms with Crippen LogP contribution in [0.1, 0.15) is 17.9 Å². The molecule has 0 fully saturated rings. The lowest BCUT2D eigenvalue weighted by atomic mass is 9.92. The Balaban J connectivity index is 1.68. The number of carbonyl (C=O) groups excluding carboxylic acids is 1. The van der Waals surface area contributed by atoms with E-state index in [-0.39, 0.29) is 17.6 Å². The first-order valence-corrected chi connectivity index (χ1v) is 8.26. The maximum absolute atomic E-state index is 13.6. The van der Waals surface area contributed by atoms with Gasteiger partial charge in [0.1, 0.15) is 11.6 Å². The molecule has 0 radical (unpaired) electrons. The summed E-state index contributed by atoms with van der Waals surface area (Å²) in [7, 11) is 0. The number of rotatable bonds is 2. The van der Waals surface area contributed by atoms with Gasteiger partial charge < -0.3 is 10.1 Å². The van der Waals surface area contributed by atoms with E-state index in [9.17, 15) is 9.18 Å². The van der Waals surface area contributed by atoms with Crippen molar-refractivity contribution < 1.29 is 13.9 Å². The minimum Gasteiger partial charge on any atom is -0.493 e. The molecule has 0 saturated heterocycles. The van der Waals surface area contributed by atoms with Crippen LogP contribution in [0.3, 0.4) is 0 Å². The van der Waals surface area contributed by atoms with Gasteiger partial charge in [-0.1, -0.05) is 11.6 Å². The van der Waals surface area contributed by atoms with E-state index < -0.39 is 0 Å². The summed E-state index contributed by atoms with van der Waals surface area (Å²) in [5.74, 6) is -0.271. The minimum atomic E-state index is -0.383. The summed E-state index contributed by atoms with van der Waals surface area (Å²) in [4.78, 5) is 17.0. The standard InChI is InChI=1S/C19H14ClFN2O2/c20-12-2-4-18-16(7-12)14(5-6-25-18)19(24)23-17-10-22-9-11-1-3-13(21)8-15(11)17/h1-4,7-10,14H,5-6H2,(H,23,24). The highest BCUT2D eigenvalue weighted by molar-refractivity contribution is 6.30. The maximum atomic E-state index is 13.6. The zero-order valence-electron chi connectivity index (χ0n) is 13.1. The molecule has 2 aromatic carbocycles. The van der Waals surface area contributed by atoms with Crippen LogP contribution in [0.2, 0.25) is 5.02 Å². The van der Waals surface area contributed by atoms with Crippen LogP contribution < -0.4 is 10.1 Å². The molecule has 6 heteroatoms. The summed E-state index contributed by atoms with van der Waals surface area (Å²) >= 11 is 6.06. The number of anilines is 1. The largest absolute Gasteiger partial charge is 0.493 e. The Kier molecular flexibility index (Phi) is 4.01. The topological polar surface area (TPSA) is 51.2 Å². The van der Waals surface area contributed by atoms with E-state index in [1.54, 1.807) is 30.5 Å². The molecule has 1 aliphatic heterocycles. The summed E-state index contributed by atoms with van der Waals surface area (Å²) in [6.45, 7) is 0.454. The number of aromatic nitrogens is 1. The predicted octanol–water partition coefficient (Wildman–Crippen LogP) is 4.53. The molecule has 1 amide bonds. The lowest BCUT2D eigenvalue weighted by Gasteiger charge is -2.25. The highest BCUT2D eigenvalue weighted by atomic mass is 35.5. The summed E-state index contributed by atoms with van der Waals surface area (Å²) < 4.78 is 19.2. The summed E-state index contributed by atoms with van der Waals surface area (Å²) in [5.41, 5.74) is 1.24. The quantitative estimate of drug-likeness (QED) is 0.733. The molecule has 3 aromatic rings. The van der Waals surface area contributed by atoms with Crippen LogP contribution in [0.4, 0.5) is 10.1 Å². The Bertz CT molecular complexity index is 977. The molecule has 1 aromatic heterocycles. The molecule has 0 spiro atoms. The molecule has 2 heterocycles. The Morgan fingerprint density at radius 1 is 1.24 bits per heavy atom. The second kappa shape index (κ2) is 6.33. The average Bonchev–Trinajstić information content (AvgIpc) is 2.61. The molecule has 0 saturated carbocycles. The van der Waals surface area contributed by atoms with Gasteiger partial charge in [-0.25, -0.2) is 4.39 Å². The number of benzene rings is 2. The molecule has 4 rings (SSSR count). The first kappa shape index (κ1) is 15.8. The fourth-order valence-electron chi connectivity index (χ4n) is 3.09. The Morgan fingerprint density at radius 3 is 3.00 bits per heavy atom. The van der Waals surface area contributed by atoms with Crippen molar-refractivity contribution in [3.05, 3.63) is 65.2 Å². The fourth-order valence-corrected chi connectivity index (χ4v) is 3.27. The number of fused-ring (bicyclic) bond motifs is 2. The smallest absolute Gasteiger partial charge is 0.232 e. The molecule has 0 bridgehead atoms. The van der Waals surface area contributed by atoms with Crippen LogP contribution in [-0.4, -0.2) is 17.5 Å². The van der Waals surface area contributed by atoms with Crippen LogP contribution in [0.5, 0.6) is 5.75 Å². The van der Waals surface area contributed by atoms with Gasteiger partial charge in [0.25, 0.3) is 0 Å². The number of carbonyl (C=O) groups is 1. The maximum Gasteiger partial charge on any atom is 0.232 e. The van der Waals surface area contributed by atoms with Crippen LogP contribution >= 0.6 is 11.6 Å². The third-order valence-corrected chi connectivity index (χ3v) is 4.54. The fraction of sp³-hybridized carbons (Fsp3) is 0.158. The lowest BCUT2D eigenvalue weighted by molar-refractivity contribution is -0.118. The number of pyridine rings is 1. The molecule has 126 valence electrons. The van der Waals surface area contributed by atoms with Gasteiger partial charge in [-0.15, -0.1) is 0 Å². The number of nitrogens with one attached hydrogen (secondary N) is 1. The molecule has 1 unspecified atom stereocenters. The minimum absolute atomic E-state index is 0.189. The molecule has 1 aliphatic rings. The number of ether oxygens (including phenoxy) is 1. The van der Waals surface area contributed by atoms with Crippen molar-refractivity contribution in [3.8, 4) is 5.75 Å². The number of hydrogen-bond donors (Lipinski definition) is 1. The number of amides is 1. The number of hydrogen-bond acceptors (Lipinski definition) is 3. The normalized spacial score (nSPS) is 16.2. The van der Waals surface area contributed by atoms with Crippen LogP contribution in [-0.2, 0) is 4.79 Å². The highest BCUT2D eigenvalue weighted by Gasteiger charge is 2.28. The van der Waals surface area contributed by atoms with Crippen molar-refractivity contribution in [3.63, 3.8) is 0 Å². The van der Waals surface area contributed by atoms with Crippen molar-refractivity contribution in [2.75, 3.05) is 11.9 Å². The molecular formula is C19H14ClFN2O2. The summed E-state index contributed by atoms with van der Waals surface area (Å²) in [6.07, 6.45) is 3.71. The van der Waals surface area contributed by atoms with Gasteiger partial charge in [0.05, 0.1) is 24.4 Å². The van der Waals surface area contributed by atoms with E-state index in [2.05, 4.69) is 10.3 Å². The first-order valence-electron chi connectivity index (χ1n) is 7.88. The van der Waals surface area contributed by atoms with Gasteiger partial charge in [-0.05, 0) is 42.8 Å². The molecule has 1 N–H and O–H groups in total. The van der Waals surface area contributed by atoms with Crippen LogP contribution in [0.15, 0.2) is 48.8 Å². The second-order valence-corrected chi connectivity index (χ2v) is 6.35. The summed E-state index contributed by atoms with van der Waals surface area (Å²) in [6, 6.07) is 9.65. The Labute approximate surface area is 148 Å². The van der Waals surface area contributed by atoms with Crippen molar-refractivity contribution in [1.29, 1.82) is 0 Å². The third kappa shape index (κ3) is 3.03. The van der Waals surface area contributed by atoms with Crippen LogP contribution in [0, 0.1) is 5.82 Å². The Hall–Kier alpha value is -2.66. The van der Waals surface area contributed by atoms with Crippen molar-refractivity contribution in [2.45, 2.75) is 12.3 Å². The molecule has 25 heavy (non-hydrogen) atoms. The monoisotopic (exact) mass is 356 g/mol. The van der Waals surface area contributed by atoms with E-state index >= 15 is 0 Å². The van der Waals surface area contributed by atoms with E-state index in [4.69, 9.17) is 16.3 Å². The highest BCUT2D eigenvalue weighted by Crippen LogP contribution is 2.36. The number of halogens is 2. The predicted molar refractivity (Wildman–Crippen MR) is 94.6 cm³/mol. The van der Waals surface area contributed by atoms with Crippen molar-refractivity contribution in [1.82, 2.24) is 4.98 Å². The van der Waals surface area contributed by atoms with E-state index in [1.165, 1.54) is 18.3 Å². The van der Waals surface area contributed by atoms with E-state index in [0.717, 1.165) is 10.9 Å². The van der Waals surface area contributed by atoms with Crippen molar-refractivity contribution in [2.24, 2.45) is 0 Å². The molecule has 4 nitrogen and oxygen atoms in total. The van der Waals surface area contributed by atoms with E-state index in [1.807, 2.05) is 0 Å². The number of nitrogens with zero attached hydrogens (tertiary/aromatic N) is 1. The second-order valence-electron chi connectivity index (χ2n) is 5.91. The first-order chi connectivity index (χ1) is 12.1. The van der Waals surface area contributed by atoms with Crippen molar-refractivity contribution >= 4 is 34.0 Å². The van der Waals surface area contributed by atoms with E-state index in [0.29, 0.717) is 34.9 Å². The SMILES string of the molecule is O=C(Nc1cncc2ccc(F)cc12)C1CCOc2ccc(Cl)cc21. The third-order valence-electron chi connectivity index (χ3n) is 4.31. The molecule has 1 atom stereocenters. The van der Waals surface area contributed by atoms with Gasteiger partial charge in [0.2, 0.25) is 5.91 Å². The van der Waals surface area contributed by atoms with Gasteiger partial charge in [0, 0.05) is 27.6 Å². The summed E-state index contributed by atoms with van der Waals surface area (Å²) in [5, 5.41) is 4.80. The Morgan fingerprint density at radius 2 is 2.12 bits per heavy atom.